The molecule has 0 saturated carbocycles. The number of hydrogen-bond donors (Lipinski definition) is 1. The average Bonchev–Trinajstić information content (AvgIpc) is 2.16. The van der Waals surface area contributed by atoms with Crippen molar-refractivity contribution in [1.29, 1.82) is 0 Å². The molecule has 1 N–H and O–H groups in total. The Hall–Kier alpha value is -0.620. The summed E-state index contributed by atoms with van der Waals surface area (Å²) in [5, 5.41) is 0. The first-order chi connectivity index (χ1) is 6.43. The van der Waals surface area contributed by atoms with Gasteiger partial charge in [-0.25, -0.2) is 13.1 Å². The van der Waals surface area contributed by atoms with Crippen LogP contribution in [0.2, 0.25) is 0 Å². The molecule has 0 radical (unpaired) electrons. The minimum absolute atomic E-state index is 0.0145. The van der Waals surface area contributed by atoms with Gasteiger partial charge in [0, 0.05) is 26.6 Å². The number of sulfonamides is 1. The molecule has 0 bridgehead atoms. The van der Waals surface area contributed by atoms with Crippen molar-refractivity contribution in [2.24, 2.45) is 0 Å². The maximum absolute atomic E-state index is 11.1. The van der Waals surface area contributed by atoms with Crippen molar-refractivity contribution in [3.63, 3.8) is 0 Å². The van der Waals surface area contributed by atoms with Crippen molar-refractivity contribution in [1.82, 2.24) is 9.62 Å². The number of nitrogens with one attached hydrogen (secondary N) is 1. The van der Waals surface area contributed by atoms with Gasteiger partial charge in [0.25, 0.3) is 0 Å². The van der Waals surface area contributed by atoms with E-state index in [1.165, 1.54) is 4.90 Å². The van der Waals surface area contributed by atoms with Crippen LogP contribution in [0.5, 0.6) is 0 Å². The van der Waals surface area contributed by atoms with Gasteiger partial charge in [0.05, 0.1) is 5.75 Å². The normalized spacial score (nSPS) is 11.4. The highest BCUT2D eigenvalue weighted by Gasteiger charge is 2.08. The van der Waals surface area contributed by atoms with Crippen LogP contribution in [0.1, 0.15) is 20.3 Å². The van der Waals surface area contributed by atoms with E-state index in [1.807, 2.05) is 0 Å². The number of amides is 1. The van der Waals surface area contributed by atoms with Gasteiger partial charge in [0.2, 0.25) is 15.9 Å². The molecular weight excluding hydrogens is 204 g/mol. The Morgan fingerprint density at radius 3 is 2.36 bits per heavy atom. The summed E-state index contributed by atoms with van der Waals surface area (Å²) in [7, 11) is -1.48. The first-order valence-corrected chi connectivity index (χ1v) is 6.29. The van der Waals surface area contributed by atoms with E-state index in [9.17, 15) is 13.2 Å². The molecule has 0 saturated heterocycles. The van der Waals surface area contributed by atoms with Crippen LogP contribution < -0.4 is 4.72 Å². The Kier molecular flexibility index (Phi) is 5.71. The molecule has 5 nitrogen and oxygen atoms in total. The Morgan fingerprint density at radius 1 is 1.36 bits per heavy atom. The van der Waals surface area contributed by atoms with Gasteiger partial charge in [0.15, 0.2) is 0 Å². The number of carbonyl (C=O) groups excluding carboxylic acids is 1. The second-order valence-corrected chi connectivity index (χ2v) is 5.06. The molecule has 0 aliphatic rings. The minimum atomic E-state index is -3.14. The van der Waals surface area contributed by atoms with Crippen LogP contribution in [-0.4, -0.2) is 45.1 Å². The van der Waals surface area contributed by atoms with Crippen molar-refractivity contribution in [2.45, 2.75) is 20.3 Å². The highest BCUT2D eigenvalue weighted by atomic mass is 32.2. The monoisotopic (exact) mass is 222 g/mol. The van der Waals surface area contributed by atoms with Crippen LogP contribution >= 0.6 is 0 Å². The van der Waals surface area contributed by atoms with Gasteiger partial charge in [-0.15, -0.1) is 0 Å². The lowest BCUT2D eigenvalue weighted by molar-refractivity contribution is -0.129. The lowest BCUT2D eigenvalue weighted by Crippen LogP contribution is -2.36. The van der Waals surface area contributed by atoms with Gasteiger partial charge >= 0.3 is 0 Å². The molecule has 0 unspecified atom stereocenters. The highest BCUT2D eigenvalue weighted by molar-refractivity contribution is 7.89. The second-order valence-electron chi connectivity index (χ2n) is 2.97. The van der Waals surface area contributed by atoms with Crippen LogP contribution in [0.4, 0.5) is 0 Å². The predicted molar refractivity (Wildman–Crippen MR) is 55.4 cm³/mol. The van der Waals surface area contributed by atoms with E-state index in [-0.39, 0.29) is 18.2 Å². The summed E-state index contributed by atoms with van der Waals surface area (Å²) in [5.41, 5.74) is 0. The number of hydrogen-bond acceptors (Lipinski definition) is 3. The van der Waals surface area contributed by atoms with E-state index < -0.39 is 10.0 Å². The summed E-state index contributed by atoms with van der Waals surface area (Å²) in [4.78, 5) is 12.6. The van der Waals surface area contributed by atoms with Gasteiger partial charge in [0.1, 0.15) is 0 Å². The molecule has 0 aromatic heterocycles. The summed E-state index contributed by atoms with van der Waals surface area (Å²) in [6.45, 7) is 4.03. The van der Waals surface area contributed by atoms with E-state index in [0.717, 1.165) is 0 Å². The fourth-order valence-corrected chi connectivity index (χ4v) is 1.47. The molecule has 0 aromatic rings. The fourth-order valence-electron chi connectivity index (χ4n) is 0.866. The van der Waals surface area contributed by atoms with E-state index >= 15 is 0 Å². The maximum Gasteiger partial charge on any atom is 0.222 e. The van der Waals surface area contributed by atoms with Crippen LogP contribution in [0.3, 0.4) is 0 Å². The topological polar surface area (TPSA) is 66.5 Å². The lowest BCUT2D eigenvalue weighted by atomic mass is 10.4. The Bertz CT molecular complexity index is 274. The summed E-state index contributed by atoms with van der Waals surface area (Å²) in [6, 6.07) is 0. The molecule has 0 atom stereocenters. The number of nitrogens with zero attached hydrogens (tertiary/aromatic N) is 1. The van der Waals surface area contributed by atoms with Crippen molar-refractivity contribution in [3.05, 3.63) is 0 Å². The Morgan fingerprint density at radius 2 is 1.93 bits per heavy atom. The van der Waals surface area contributed by atoms with Crippen LogP contribution in [0.25, 0.3) is 0 Å². The standard InChI is InChI=1S/C8H18N2O3S/c1-4-8(11)10(3)7-6-9-14(12,13)5-2/h9H,4-7H2,1-3H3. The lowest BCUT2D eigenvalue weighted by Gasteiger charge is -2.16. The SMILES string of the molecule is CCC(=O)N(C)CCNS(=O)(=O)CC. The van der Waals surface area contributed by atoms with Crippen molar-refractivity contribution < 1.29 is 13.2 Å². The molecular formula is C8H18N2O3S. The van der Waals surface area contributed by atoms with Crippen LogP contribution in [0, 0.1) is 0 Å². The molecule has 0 heterocycles. The summed E-state index contributed by atoms with van der Waals surface area (Å²) in [6.07, 6.45) is 0.441. The first-order valence-electron chi connectivity index (χ1n) is 4.64. The Balaban J connectivity index is 3.81. The molecule has 0 aromatic carbocycles. The largest absolute Gasteiger partial charge is 0.344 e. The third kappa shape index (κ3) is 5.18. The molecule has 0 aliphatic heterocycles. The van der Waals surface area contributed by atoms with Gasteiger partial charge in [-0.3, -0.25) is 4.79 Å². The molecule has 0 fully saturated rings. The number of rotatable bonds is 6. The third-order valence-electron chi connectivity index (χ3n) is 1.88. The average molecular weight is 222 g/mol. The zero-order valence-electron chi connectivity index (χ0n) is 8.91. The molecule has 84 valence electrons. The summed E-state index contributed by atoms with van der Waals surface area (Å²) < 4.78 is 24.4. The number of likely N-dealkylation sites (N-methyl/N-ethyl adjacent to an activating group) is 1. The van der Waals surface area contributed by atoms with Crippen LogP contribution in [-0.2, 0) is 14.8 Å². The van der Waals surface area contributed by atoms with Crippen molar-refractivity contribution >= 4 is 15.9 Å². The van der Waals surface area contributed by atoms with E-state index in [2.05, 4.69) is 4.72 Å². The van der Waals surface area contributed by atoms with Crippen molar-refractivity contribution in [2.75, 3.05) is 25.9 Å². The molecule has 0 spiro atoms. The fraction of sp³-hybridized carbons (Fsp3) is 0.875. The zero-order valence-corrected chi connectivity index (χ0v) is 9.73. The van der Waals surface area contributed by atoms with E-state index in [0.29, 0.717) is 13.0 Å². The van der Waals surface area contributed by atoms with Gasteiger partial charge in [-0.05, 0) is 6.92 Å². The molecule has 1 amide bonds. The second kappa shape index (κ2) is 5.98. The van der Waals surface area contributed by atoms with Gasteiger partial charge in [-0.1, -0.05) is 6.92 Å². The molecule has 14 heavy (non-hydrogen) atoms. The van der Waals surface area contributed by atoms with Gasteiger partial charge < -0.3 is 4.90 Å². The minimum Gasteiger partial charge on any atom is -0.344 e. The summed E-state index contributed by atoms with van der Waals surface area (Å²) >= 11 is 0. The van der Waals surface area contributed by atoms with Crippen LogP contribution in [0.15, 0.2) is 0 Å². The van der Waals surface area contributed by atoms with E-state index in [4.69, 9.17) is 0 Å². The zero-order chi connectivity index (χ0) is 11.2. The highest BCUT2D eigenvalue weighted by Crippen LogP contribution is 1.89. The summed E-state index contributed by atoms with van der Waals surface area (Å²) in [5.74, 6) is 0.0824. The predicted octanol–water partition coefficient (Wildman–Crippen LogP) is -0.206. The molecule has 0 rings (SSSR count). The third-order valence-corrected chi connectivity index (χ3v) is 3.28. The molecule has 6 heteroatoms. The molecule has 0 aliphatic carbocycles. The first kappa shape index (κ1) is 13.4. The Labute approximate surface area is 85.5 Å². The maximum atomic E-state index is 11.1. The van der Waals surface area contributed by atoms with Crippen molar-refractivity contribution in [3.8, 4) is 0 Å². The number of carbonyl (C=O) groups is 1. The quantitative estimate of drug-likeness (QED) is 0.676. The van der Waals surface area contributed by atoms with E-state index in [1.54, 1.807) is 20.9 Å². The smallest absolute Gasteiger partial charge is 0.222 e. The van der Waals surface area contributed by atoms with Gasteiger partial charge in [-0.2, -0.15) is 0 Å².